The SMILES string of the molecule is CC.Cc1ccc(Nc2c(C(=O)N3CC(O)(CNC(C)(C)C)C3)ccc(F)c2F)c(F)c1. The molecule has 0 aromatic heterocycles. The predicted octanol–water partition coefficient (Wildman–Crippen LogP) is 4.76. The number of carbonyl (C=O) groups is 1. The number of likely N-dealkylation sites (tertiary alicyclic amines) is 1. The van der Waals surface area contributed by atoms with Crippen molar-refractivity contribution in [1.29, 1.82) is 0 Å². The van der Waals surface area contributed by atoms with Crippen molar-refractivity contribution in [2.24, 2.45) is 0 Å². The minimum Gasteiger partial charge on any atom is -0.385 e. The van der Waals surface area contributed by atoms with E-state index in [0.717, 1.165) is 12.1 Å². The van der Waals surface area contributed by atoms with Crippen LogP contribution in [0.5, 0.6) is 0 Å². The van der Waals surface area contributed by atoms with Crippen molar-refractivity contribution in [3.8, 4) is 0 Å². The zero-order valence-electron chi connectivity index (χ0n) is 19.4. The lowest BCUT2D eigenvalue weighted by Crippen LogP contribution is -2.68. The number of halogens is 3. The molecule has 1 aliphatic heterocycles. The quantitative estimate of drug-likeness (QED) is 0.614. The molecule has 1 saturated heterocycles. The topological polar surface area (TPSA) is 64.6 Å². The van der Waals surface area contributed by atoms with Crippen LogP contribution in [-0.4, -0.2) is 46.7 Å². The molecule has 0 saturated carbocycles. The van der Waals surface area contributed by atoms with Crippen LogP contribution in [0.2, 0.25) is 0 Å². The third-order valence-electron chi connectivity index (χ3n) is 4.91. The van der Waals surface area contributed by atoms with Gasteiger partial charge in [-0.05, 0) is 57.5 Å². The van der Waals surface area contributed by atoms with E-state index in [2.05, 4.69) is 10.6 Å². The first-order valence-corrected chi connectivity index (χ1v) is 10.7. The summed E-state index contributed by atoms with van der Waals surface area (Å²) in [6.45, 7) is 12.0. The molecule has 2 aromatic carbocycles. The zero-order valence-corrected chi connectivity index (χ0v) is 19.4. The number of hydrogen-bond acceptors (Lipinski definition) is 4. The largest absolute Gasteiger partial charge is 0.385 e. The summed E-state index contributed by atoms with van der Waals surface area (Å²) in [7, 11) is 0. The summed E-state index contributed by atoms with van der Waals surface area (Å²) >= 11 is 0. The highest BCUT2D eigenvalue weighted by atomic mass is 19.2. The van der Waals surface area contributed by atoms with Gasteiger partial charge in [0.25, 0.3) is 5.91 Å². The van der Waals surface area contributed by atoms with E-state index in [1.165, 1.54) is 17.0 Å². The number of nitrogens with zero attached hydrogens (tertiary/aromatic N) is 1. The fourth-order valence-electron chi connectivity index (χ4n) is 3.23. The number of aliphatic hydroxyl groups is 1. The van der Waals surface area contributed by atoms with Crippen molar-refractivity contribution in [2.45, 2.75) is 52.7 Å². The van der Waals surface area contributed by atoms with Gasteiger partial charge in [0.15, 0.2) is 11.6 Å². The second-order valence-corrected chi connectivity index (χ2v) is 8.88. The first kappa shape index (κ1) is 25.7. The number of anilines is 2. The van der Waals surface area contributed by atoms with E-state index in [1.807, 2.05) is 34.6 Å². The lowest BCUT2D eigenvalue weighted by molar-refractivity contribution is -0.0811. The highest BCUT2D eigenvalue weighted by Crippen LogP contribution is 2.31. The lowest BCUT2D eigenvalue weighted by atomic mass is 9.91. The Morgan fingerprint density at radius 3 is 2.28 bits per heavy atom. The molecule has 3 N–H and O–H groups in total. The number of carbonyl (C=O) groups excluding carboxylic acids is 1. The minimum absolute atomic E-state index is 0.0479. The van der Waals surface area contributed by atoms with Crippen LogP contribution >= 0.6 is 0 Å². The maximum atomic E-state index is 14.5. The molecule has 0 aliphatic carbocycles. The van der Waals surface area contributed by atoms with Crippen LogP contribution in [0.25, 0.3) is 0 Å². The summed E-state index contributed by atoms with van der Waals surface area (Å²) < 4.78 is 42.6. The minimum atomic E-state index is -1.27. The fraction of sp³-hybridized carbons (Fsp3) is 0.458. The van der Waals surface area contributed by atoms with Gasteiger partial charge in [-0.1, -0.05) is 19.9 Å². The van der Waals surface area contributed by atoms with Gasteiger partial charge >= 0.3 is 0 Å². The first-order valence-electron chi connectivity index (χ1n) is 10.7. The number of rotatable bonds is 5. The number of amides is 1. The Morgan fingerprint density at radius 1 is 1.09 bits per heavy atom. The van der Waals surface area contributed by atoms with Gasteiger partial charge in [-0.25, -0.2) is 13.2 Å². The Hall–Kier alpha value is -2.58. The van der Waals surface area contributed by atoms with Gasteiger partial charge < -0.3 is 20.6 Å². The van der Waals surface area contributed by atoms with E-state index in [9.17, 15) is 23.1 Å². The van der Waals surface area contributed by atoms with E-state index < -0.39 is 34.6 Å². The summed E-state index contributed by atoms with van der Waals surface area (Å²) in [4.78, 5) is 14.2. The molecule has 5 nitrogen and oxygen atoms in total. The van der Waals surface area contributed by atoms with Crippen molar-refractivity contribution >= 4 is 17.3 Å². The molecule has 8 heteroatoms. The number of nitrogens with one attached hydrogen (secondary N) is 2. The summed E-state index contributed by atoms with van der Waals surface area (Å²) in [5.41, 5.74) is -1.29. The molecule has 0 bridgehead atoms. The average molecular weight is 452 g/mol. The molecule has 0 spiro atoms. The van der Waals surface area contributed by atoms with Crippen LogP contribution in [-0.2, 0) is 0 Å². The smallest absolute Gasteiger partial charge is 0.256 e. The fourth-order valence-corrected chi connectivity index (χ4v) is 3.23. The monoisotopic (exact) mass is 451 g/mol. The Bertz CT molecular complexity index is 968. The van der Waals surface area contributed by atoms with E-state index in [1.54, 1.807) is 13.0 Å². The van der Waals surface area contributed by atoms with E-state index >= 15 is 0 Å². The van der Waals surface area contributed by atoms with Gasteiger partial charge in [0.1, 0.15) is 11.4 Å². The van der Waals surface area contributed by atoms with Gasteiger partial charge in [0.05, 0.1) is 30.0 Å². The van der Waals surface area contributed by atoms with E-state index in [0.29, 0.717) is 5.56 Å². The standard InChI is InChI=1S/C22H26F3N3O2.C2H6/c1-13-5-8-17(16(24)9-13)27-19-14(6-7-15(23)18(19)25)20(29)28-11-22(30,12-28)10-26-21(2,3)4;1-2/h5-9,26-27,30H,10-12H2,1-4H3;1-2H3. The molecule has 176 valence electrons. The Labute approximate surface area is 187 Å². The number of hydrogen-bond donors (Lipinski definition) is 3. The molecule has 32 heavy (non-hydrogen) atoms. The van der Waals surface area contributed by atoms with Crippen molar-refractivity contribution in [3.05, 3.63) is 58.9 Å². The second-order valence-electron chi connectivity index (χ2n) is 8.88. The molecule has 1 fully saturated rings. The Kier molecular flexibility index (Phi) is 7.96. The highest BCUT2D eigenvalue weighted by Gasteiger charge is 2.44. The molecule has 1 aliphatic rings. The molecule has 0 unspecified atom stereocenters. The highest BCUT2D eigenvalue weighted by molar-refractivity contribution is 6.01. The van der Waals surface area contributed by atoms with Gasteiger partial charge in [0.2, 0.25) is 0 Å². The summed E-state index contributed by atoms with van der Waals surface area (Å²) in [6.07, 6.45) is 0. The number of β-amino-alcohol motifs (C(OH)–C–C–N with tert-alkyl or cyclic N) is 1. The maximum absolute atomic E-state index is 14.5. The van der Waals surface area contributed by atoms with E-state index in [-0.39, 0.29) is 36.4 Å². The molecule has 2 aromatic rings. The number of aryl methyl sites for hydroxylation is 1. The summed E-state index contributed by atoms with van der Waals surface area (Å²) in [5.74, 6) is -3.66. The normalized spacial score (nSPS) is 14.9. The van der Waals surface area contributed by atoms with Crippen molar-refractivity contribution in [2.75, 3.05) is 25.0 Å². The van der Waals surface area contributed by atoms with Crippen molar-refractivity contribution < 1.29 is 23.1 Å². The maximum Gasteiger partial charge on any atom is 0.256 e. The molecule has 0 radical (unpaired) electrons. The molecule has 0 atom stereocenters. The number of benzene rings is 2. The van der Waals surface area contributed by atoms with Crippen LogP contribution in [0.3, 0.4) is 0 Å². The van der Waals surface area contributed by atoms with Crippen molar-refractivity contribution in [1.82, 2.24) is 10.2 Å². The molecular formula is C24H32F3N3O2. The third kappa shape index (κ3) is 6.01. The van der Waals surface area contributed by atoms with E-state index in [4.69, 9.17) is 0 Å². The molecule has 1 amide bonds. The molecule has 1 heterocycles. The Balaban J connectivity index is 0.00000176. The predicted molar refractivity (Wildman–Crippen MR) is 121 cm³/mol. The summed E-state index contributed by atoms with van der Waals surface area (Å²) in [6, 6.07) is 6.26. The van der Waals surface area contributed by atoms with Gasteiger partial charge in [-0.15, -0.1) is 0 Å². The van der Waals surface area contributed by atoms with Crippen LogP contribution in [0.15, 0.2) is 30.3 Å². The molecule has 3 rings (SSSR count). The third-order valence-corrected chi connectivity index (χ3v) is 4.91. The van der Waals surface area contributed by atoms with Crippen LogP contribution in [0.4, 0.5) is 24.5 Å². The first-order chi connectivity index (χ1) is 14.9. The van der Waals surface area contributed by atoms with Gasteiger partial charge in [0, 0.05) is 12.1 Å². The van der Waals surface area contributed by atoms with Gasteiger partial charge in [-0.3, -0.25) is 4.79 Å². The van der Waals surface area contributed by atoms with Crippen LogP contribution in [0, 0.1) is 24.4 Å². The second kappa shape index (κ2) is 9.92. The Morgan fingerprint density at radius 2 is 1.72 bits per heavy atom. The van der Waals surface area contributed by atoms with Crippen molar-refractivity contribution in [3.63, 3.8) is 0 Å². The van der Waals surface area contributed by atoms with Crippen LogP contribution < -0.4 is 10.6 Å². The average Bonchev–Trinajstić information content (AvgIpc) is 2.70. The molecular weight excluding hydrogens is 419 g/mol. The van der Waals surface area contributed by atoms with Crippen LogP contribution in [0.1, 0.15) is 50.5 Å². The van der Waals surface area contributed by atoms with Gasteiger partial charge in [-0.2, -0.15) is 0 Å². The summed E-state index contributed by atoms with van der Waals surface area (Å²) in [5, 5.41) is 16.2. The zero-order chi connectivity index (χ0) is 24.3. The lowest BCUT2D eigenvalue weighted by Gasteiger charge is -2.47.